The first kappa shape index (κ1) is 11.8. The third-order valence-corrected chi connectivity index (χ3v) is 4.41. The van der Waals surface area contributed by atoms with Crippen LogP contribution in [0.3, 0.4) is 0 Å². The number of hydrogen-bond donors (Lipinski definition) is 1. The smallest absolute Gasteiger partial charge is 0.276 e. The van der Waals surface area contributed by atoms with E-state index in [1.807, 2.05) is 18.2 Å². The summed E-state index contributed by atoms with van der Waals surface area (Å²) in [6, 6.07) is 4.08. The molecule has 102 valence electrons. The fourth-order valence-electron chi connectivity index (χ4n) is 3.34. The van der Waals surface area contributed by atoms with Gasteiger partial charge in [-0.25, -0.2) is 0 Å². The summed E-state index contributed by atoms with van der Waals surface area (Å²) in [4.78, 5) is 0. The Kier molecular flexibility index (Phi) is 2.21. The lowest BCUT2D eigenvalue weighted by Crippen LogP contribution is -2.20. The van der Waals surface area contributed by atoms with Gasteiger partial charge in [-0.3, -0.25) is 5.21 Å². The molecule has 0 radical (unpaired) electrons. The average molecular weight is 268 g/mol. The second kappa shape index (κ2) is 3.75. The molecule has 0 aromatic heterocycles. The number of hydrogen-bond acceptors (Lipinski definition) is 2. The zero-order valence-corrected chi connectivity index (χ0v) is 11.8. The van der Waals surface area contributed by atoms with Crippen molar-refractivity contribution in [1.29, 1.82) is 0 Å². The zero-order valence-electron chi connectivity index (χ0n) is 11.8. The van der Waals surface area contributed by atoms with Crippen molar-refractivity contribution in [3.63, 3.8) is 0 Å². The number of allylic oxidation sites excluding steroid dienone is 2. The molecule has 0 fully saturated rings. The lowest BCUT2D eigenvalue weighted by atomic mass is 9.77. The van der Waals surface area contributed by atoms with E-state index in [2.05, 4.69) is 26.0 Å². The minimum atomic E-state index is 0.184. The van der Waals surface area contributed by atoms with Crippen LogP contribution in [-0.2, 0) is 0 Å². The van der Waals surface area contributed by atoms with Crippen LogP contribution in [0.1, 0.15) is 37.8 Å². The van der Waals surface area contributed by atoms with E-state index in [0.29, 0.717) is 6.61 Å². The molecule has 1 aromatic carbocycles. The van der Waals surface area contributed by atoms with Crippen LogP contribution < -0.4 is 4.74 Å². The highest BCUT2D eigenvalue weighted by Gasteiger charge is 2.42. The molecule has 3 nitrogen and oxygen atoms in total. The molecule has 1 N–H and O–H groups in total. The van der Waals surface area contributed by atoms with E-state index in [0.717, 1.165) is 41.1 Å². The Bertz CT molecular complexity index is 708. The lowest BCUT2D eigenvalue weighted by molar-refractivity contribution is -0.711. The minimum absolute atomic E-state index is 0.184. The van der Waals surface area contributed by atoms with Gasteiger partial charge in [0.15, 0.2) is 0 Å². The largest absolute Gasteiger partial charge is 0.489 e. The molecular formula is C17H18NO2+. The van der Waals surface area contributed by atoms with Gasteiger partial charge in [0.2, 0.25) is 5.71 Å². The van der Waals surface area contributed by atoms with Gasteiger partial charge in [0.25, 0.3) is 5.69 Å². The van der Waals surface area contributed by atoms with Gasteiger partial charge >= 0.3 is 0 Å². The van der Waals surface area contributed by atoms with Gasteiger partial charge in [-0.15, -0.1) is 0 Å². The molecule has 3 heteroatoms. The molecule has 2 aliphatic heterocycles. The van der Waals surface area contributed by atoms with E-state index < -0.39 is 0 Å². The third kappa shape index (κ3) is 1.49. The predicted octanol–water partition coefficient (Wildman–Crippen LogP) is 3.78. The molecule has 0 atom stereocenters. The molecule has 1 aliphatic carbocycles. The molecule has 20 heavy (non-hydrogen) atoms. The van der Waals surface area contributed by atoms with Crippen molar-refractivity contribution in [2.24, 2.45) is 5.41 Å². The summed E-state index contributed by atoms with van der Waals surface area (Å²) < 4.78 is 7.01. The summed E-state index contributed by atoms with van der Waals surface area (Å²) >= 11 is 0. The van der Waals surface area contributed by atoms with Gasteiger partial charge in [-0.05, 0) is 36.1 Å². The molecule has 0 saturated heterocycles. The molecule has 1 aromatic rings. The quantitative estimate of drug-likeness (QED) is 0.573. The molecule has 0 bridgehead atoms. The van der Waals surface area contributed by atoms with Gasteiger partial charge in [-0.2, -0.15) is 0 Å². The fraction of sp³-hybridized carbons (Fsp3) is 0.353. The van der Waals surface area contributed by atoms with Gasteiger partial charge < -0.3 is 4.74 Å². The first-order valence-electron chi connectivity index (χ1n) is 7.12. The molecule has 2 heterocycles. The second-order valence-corrected chi connectivity index (χ2v) is 6.39. The number of benzene rings is 1. The number of nitrogens with zero attached hydrogens (tertiary/aromatic N) is 1. The van der Waals surface area contributed by atoms with Crippen LogP contribution in [0, 0.1) is 5.41 Å². The molecule has 0 saturated carbocycles. The maximum absolute atomic E-state index is 10.6. The summed E-state index contributed by atoms with van der Waals surface area (Å²) in [5.41, 5.74) is 5.36. The van der Waals surface area contributed by atoms with Crippen molar-refractivity contribution < 1.29 is 14.7 Å². The zero-order chi connectivity index (χ0) is 13.9. The Hall–Kier alpha value is -2.03. The number of ether oxygens (including phenoxy) is 1. The van der Waals surface area contributed by atoms with Crippen LogP contribution >= 0.6 is 0 Å². The summed E-state index contributed by atoms with van der Waals surface area (Å²) in [5, 5.41) is 10.6. The molecule has 0 spiro atoms. The first-order chi connectivity index (χ1) is 9.57. The van der Waals surface area contributed by atoms with E-state index >= 15 is 0 Å². The Labute approximate surface area is 118 Å². The van der Waals surface area contributed by atoms with Crippen molar-refractivity contribution >= 4 is 23.0 Å². The van der Waals surface area contributed by atoms with E-state index in [4.69, 9.17) is 4.74 Å². The van der Waals surface area contributed by atoms with E-state index in [1.165, 1.54) is 10.3 Å². The van der Waals surface area contributed by atoms with Gasteiger partial charge in [0.1, 0.15) is 12.4 Å². The SMILES string of the molecule is CC1(C)C=C2C(=[N+](O)c3c2ccc2c3C=CCO2)CC1. The summed E-state index contributed by atoms with van der Waals surface area (Å²) in [7, 11) is 0. The average Bonchev–Trinajstić information content (AvgIpc) is 2.71. The maximum atomic E-state index is 10.6. The van der Waals surface area contributed by atoms with Crippen molar-refractivity contribution in [2.45, 2.75) is 26.7 Å². The van der Waals surface area contributed by atoms with E-state index in [1.54, 1.807) is 0 Å². The third-order valence-electron chi connectivity index (χ3n) is 4.41. The monoisotopic (exact) mass is 268 g/mol. The van der Waals surface area contributed by atoms with Gasteiger partial charge in [0, 0.05) is 11.2 Å². The van der Waals surface area contributed by atoms with Gasteiger partial charge in [0.05, 0.1) is 16.7 Å². The highest BCUT2D eigenvalue weighted by molar-refractivity contribution is 6.26. The Morgan fingerprint density at radius 2 is 2.15 bits per heavy atom. The van der Waals surface area contributed by atoms with Crippen molar-refractivity contribution in [3.05, 3.63) is 35.4 Å². The van der Waals surface area contributed by atoms with Crippen LogP contribution in [0.5, 0.6) is 5.75 Å². The summed E-state index contributed by atoms with van der Waals surface area (Å²) in [6.07, 6.45) is 8.29. The molecular weight excluding hydrogens is 250 g/mol. The normalized spacial score (nSPS) is 21.8. The van der Waals surface area contributed by atoms with Crippen LogP contribution in [-0.4, -0.2) is 22.3 Å². The standard InChI is InChI=1S/C17H18NO2/c1-17(2)8-7-14-13(10-17)11-5-6-15-12(4-3-9-20-15)16(11)18(14)19/h3-6,10,19H,7-9H2,1-2H3/q+1. The van der Waals surface area contributed by atoms with Crippen LogP contribution in [0.25, 0.3) is 11.6 Å². The predicted molar refractivity (Wildman–Crippen MR) is 78.7 cm³/mol. The Morgan fingerprint density at radius 1 is 1.30 bits per heavy atom. The number of fused-ring (bicyclic) bond motifs is 5. The lowest BCUT2D eigenvalue weighted by Gasteiger charge is -2.24. The van der Waals surface area contributed by atoms with Crippen molar-refractivity contribution in [2.75, 3.05) is 6.61 Å². The number of rotatable bonds is 0. The topological polar surface area (TPSA) is 32.5 Å². The van der Waals surface area contributed by atoms with Crippen LogP contribution in [0.4, 0.5) is 5.69 Å². The van der Waals surface area contributed by atoms with E-state index in [9.17, 15) is 5.21 Å². The van der Waals surface area contributed by atoms with Crippen molar-refractivity contribution in [1.82, 2.24) is 0 Å². The maximum Gasteiger partial charge on any atom is 0.276 e. The highest BCUT2D eigenvalue weighted by atomic mass is 16.5. The summed E-state index contributed by atoms with van der Waals surface area (Å²) in [5.74, 6) is 0.851. The second-order valence-electron chi connectivity index (χ2n) is 6.39. The molecule has 0 amide bonds. The molecule has 3 aliphatic rings. The molecule has 4 rings (SSSR count). The van der Waals surface area contributed by atoms with Crippen LogP contribution in [0.15, 0.2) is 24.3 Å². The first-order valence-corrected chi connectivity index (χ1v) is 7.12. The van der Waals surface area contributed by atoms with Crippen molar-refractivity contribution in [3.8, 4) is 5.75 Å². The molecule has 0 unspecified atom stereocenters. The summed E-state index contributed by atoms with van der Waals surface area (Å²) in [6.45, 7) is 5.10. The fourth-order valence-corrected chi connectivity index (χ4v) is 3.34. The van der Waals surface area contributed by atoms with Crippen LogP contribution in [0.2, 0.25) is 0 Å². The Balaban J connectivity index is 2.01. The minimum Gasteiger partial charge on any atom is -0.489 e. The van der Waals surface area contributed by atoms with E-state index in [-0.39, 0.29) is 5.41 Å². The Morgan fingerprint density at radius 3 is 3.00 bits per heavy atom. The highest BCUT2D eigenvalue weighted by Crippen LogP contribution is 2.47. The van der Waals surface area contributed by atoms with Gasteiger partial charge in [-0.1, -0.05) is 19.9 Å².